The molecule has 0 unspecified atom stereocenters. The van der Waals surface area contributed by atoms with Gasteiger partial charge >= 0.3 is 6.09 Å². The summed E-state index contributed by atoms with van der Waals surface area (Å²) in [6.07, 6.45) is 3.21. The third-order valence-electron chi connectivity index (χ3n) is 6.86. The number of ether oxygens (including phenoxy) is 2. The molecule has 2 aliphatic rings. The number of oxime groups is 1. The van der Waals surface area contributed by atoms with E-state index in [2.05, 4.69) is 22.4 Å². The number of amides is 1. The average molecular weight is 510 g/mol. The standard InChI is InChI=1S/C28H39N5O4/c1-19(22-12-15-33(16-13-22)27(34)35-17-21-9-7-6-8-10-21)30-26-29-14-11-24(31-26)25-23(18-36-32-25)20(2)37-28(3,4)5/h6-11,14,19-20,22-23H,12-13,15-18H2,1-5H3,(H,29,30,31)/t19-,20-,23+/m0/s1. The molecule has 0 aliphatic carbocycles. The maximum absolute atomic E-state index is 12.5. The van der Waals surface area contributed by atoms with E-state index in [9.17, 15) is 4.79 Å². The first kappa shape index (κ1) is 26.9. The summed E-state index contributed by atoms with van der Waals surface area (Å²) in [6.45, 7) is 12.4. The van der Waals surface area contributed by atoms with Crippen molar-refractivity contribution in [3.05, 3.63) is 53.9 Å². The number of carbonyl (C=O) groups is 1. The molecule has 9 heteroatoms. The van der Waals surface area contributed by atoms with E-state index in [4.69, 9.17) is 19.3 Å². The number of likely N-dealkylation sites (tertiary alicyclic amines) is 1. The van der Waals surface area contributed by atoms with Gasteiger partial charge in [-0.05, 0) is 65.0 Å². The lowest BCUT2D eigenvalue weighted by atomic mass is 9.90. The molecule has 1 aromatic carbocycles. The van der Waals surface area contributed by atoms with Gasteiger partial charge in [0.15, 0.2) is 0 Å². The Morgan fingerprint density at radius 3 is 2.59 bits per heavy atom. The molecule has 0 bridgehead atoms. The van der Waals surface area contributed by atoms with Crippen molar-refractivity contribution in [1.29, 1.82) is 0 Å². The van der Waals surface area contributed by atoms with E-state index in [-0.39, 0.29) is 29.8 Å². The van der Waals surface area contributed by atoms with Gasteiger partial charge in [-0.3, -0.25) is 0 Å². The number of piperidine rings is 1. The number of rotatable bonds is 8. The number of carbonyl (C=O) groups excluding carboxylic acids is 1. The summed E-state index contributed by atoms with van der Waals surface area (Å²) in [7, 11) is 0. The Morgan fingerprint density at radius 2 is 1.89 bits per heavy atom. The molecule has 1 N–H and O–H groups in total. The predicted octanol–water partition coefficient (Wildman–Crippen LogP) is 4.88. The van der Waals surface area contributed by atoms with Gasteiger partial charge in [0.2, 0.25) is 5.95 Å². The van der Waals surface area contributed by atoms with Gasteiger partial charge < -0.3 is 24.5 Å². The van der Waals surface area contributed by atoms with Crippen LogP contribution in [0.4, 0.5) is 10.7 Å². The summed E-state index contributed by atoms with van der Waals surface area (Å²) in [5.74, 6) is 0.961. The first-order valence-corrected chi connectivity index (χ1v) is 13.1. The molecular formula is C28H39N5O4. The van der Waals surface area contributed by atoms with E-state index >= 15 is 0 Å². The Labute approximate surface area is 219 Å². The molecule has 37 heavy (non-hydrogen) atoms. The van der Waals surface area contributed by atoms with Crippen LogP contribution < -0.4 is 5.32 Å². The molecule has 1 saturated heterocycles. The largest absolute Gasteiger partial charge is 0.445 e. The van der Waals surface area contributed by atoms with Crippen molar-refractivity contribution in [2.75, 3.05) is 25.0 Å². The van der Waals surface area contributed by atoms with E-state index in [1.165, 1.54) is 0 Å². The molecule has 1 aromatic heterocycles. The fraction of sp³-hybridized carbons (Fsp3) is 0.571. The predicted molar refractivity (Wildman–Crippen MR) is 142 cm³/mol. The monoisotopic (exact) mass is 509 g/mol. The maximum Gasteiger partial charge on any atom is 0.410 e. The van der Waals surface area contributed by atoms with Crippen LogP contribution in [-0.4, -0.2) is 64.1 Å². The summed E-state index contributed by atoms with van der Waals surface area (Å²) < 4.78 is 11.6. The number of hydrogen-bond acceptors (Lipinski definition) is 8. The Morgan fingerprint density at radius 1 is 1.16 bits per heavy atom. The molecule has 0 spiro atoms. The Bertz CT molecular complexity index is 1060. The number of aromatic nitrogens is 2. The van der Waals surface area contributed by atoms with Gasteiger partial charge in [-0.25, -0.2) is 14.8 Å². The highest BCUT2D eigenvalue weighted by molar-refractivity contribution is 6.01. The summed E-state index contributed by atoms with van der Waals surface area (Å²) in [6, 6.07) is 11.8. The second-order valence-corrected chi connectivity index (χ2v) is 10.9. The molecule has 1 fully saturated rings. The normalized spacial score (nSPS) is 20.1. The van der Waals surface area contributed by atoms with Crippen molar-refractivity contribution in [1.82, 2.24) is 14.9 Å². The van der Waals surface area contributed by atoms with Gasteiger partial charge in [0, 0.05) is 25.3 Å². The highest BCUT2D eigenvalue weighted by Gasteiger charge is 2.34. The van der Waals surface area contributed by atoms with Crippen LogP contribution in [0.1, 0.15) is 58.7 Å². The second-order valence-electron chi connectivity index (χ2n) is 10.9. The van der Waals surface area contributed by atoms with E-state index in [1.54, 1.807) is 11.1 Å². The van der Waals surface area contributed by atoms with Crippen LogP contribution in [0.2, 0.25) is 0 Å². The molecule has 0 radical (unpaired) electrons. The van der Waals surface area contributed by atoms with Gasteiger partial charge in [-0.15, -0.1) is 0 Å². The first-order valence-electron chi connectivity index (χ1n) is 13.1. The Balaban J connectivity index is 1.28. The summed E-state index contributed by atoms with van der Waals surface area (Å²) in [5.41, 5.74) is 2.27. The van der Waals surface area contributed by atoms with Crippen molar-refractivity contribution in [3.8, 4) is 0 Å². The zero-order valence-corrected chi connectivity index (χ0v) is 22.5. The zero-order chi connectivity index (χ0) is 26.4. The molecule has 3 atom stereocenters. The lowest BCUT2D eigenvalue weighted by molar-refractivity contribution is -0.0706. The van der Waals surface area contributed by atoms with E-state index in [0.29, 0.717) is 38.2 Å². The van der Waals surface area contributed by atoms with Crippen LogP contribution in [0, 0.1) is 11.8 Å². The minimum absolute atomic E-state index is 0.00497. The molecular weight excluding hydrogens is 470 g/mol. The molecule has 9 nitrogen and oxygen atoms in total. The quantitative estimate of drug-likeness (QED) is 0.542. The van der Waals surface area contributed by atoms with E-state index in [1.807, 2.05) is 64.1 Å². The first-order chi connectivity index (χ1) is 17.7. The Hall–Kier alpha value is -3.20. The number of nitrogens with one attached hydrogen (secondary N) is 1. The fourth-order valence-corrected chi connectivity index (χ4v) is 4.85. The minimum atomic E-state index is -0.255. The van der Waals surface area contributed by atoms with Crippen LogP contribution in [0.15, 0.2) is 47.8 Å². The van der Waals surface area contributed by atoms with Crippen LogP contribution in [0.25, 0.3) is 0 Å². The third-order valence-corrected chi connectivity index (χ3v) is 6.86. The summed E-state index contributed by atoms with van der Waals surface area (Å²) >= 11 is 0. The molecule has 0 saturated carbocycles. The SMILES string of the molecule is C[C@H](Nc1nccc(C2=NOC[C@@H]2[C@H](C)OC(C)(C)C)n1)C1CCN(C(=O)OCc2ccccc2)CC1. The van der Waals surface area contributed by atoms with Crippen molar-refractivity contribution in [2.45, 2.75) is 71.8 Å². The number of benzene rings is 1. The van der Waals surface area contributed by atoms with Crippen LogP contribution >= 0.6 is 0 Å². The van der Waals surface area contributed by atoms with Crippen molar-refractivity contribution in [3.63, 3.8) is 0 Å². The molecule has 2 aromatic rings. The summed E-state index contributed by atoms with van der Waals surface area (Å²) in [5, 5.41) is 7.74. The van der Waals surface area contributed by atoms with E-state index in [0.717, 1.165) is 29.8 Å². The van der Waals surface area contributed by atoms with Crippen molar-refractivity contribution in [2.24, 2.45) is 17.0 Å². The maximum atomic E-state index is 12.5. The lowest BCUT2D eigenvalue weighted by Crippen LogP contribution is -2.42. The summed E-state index contributed by atoms with van der Waals surface area (Å²) in [4.78, 5) is 28.9. The Kier molecular flexibility index (Phi) is 8.63. The second kappa shape index (κ2) is 11.9. The molecule has 2 aliphatic heterocycles. The fourth-order valence-electron chi connectivity index (χ4n) is 4.85. The number of nitrogens with zero attached hydrogens (tertiary/aromatic N) is 4. The van der Waals surface area contributed by atoms with Crippen molar-refractivity contribution >= 4 is 17.8 Å². The van der Waals surface area contributed by atoms with Gasteiger partial charge in [0.05, 0.1) is 23.3 Å². The highest BCUT2D eigenvalue weighted by atomic mass is 16.6. The van der Waals surface area contributed by atoms with Gasteiger partial charge in [-0.2, -0.15) is 0 Å². The number of hydrogen-bond donors (Lipinski definition) is 1. The zero-order valence-electron chi connectivity index (χ0n) is 22.5. The van der Waals surface area contributed by atoms with Crippen LogP contribution in [0.5, 0.6) is 0 Å². The van der Waals surface area contributed by atoms with Gasteiger partial charge in [-0.1, -0.05) is 35.5 Å². The molecule has 4 rings (SSSR count). The topological polar surface area (TPSA) is 98.2 Å². The highest BCUT2D eigenvalue weighted by Crippen LogP contribution is 2.26. The van der Waals surface area contributed by atoms with Crippen molar-refractivity contribution < 1.29 is 19.1 Å². The smallest absolute Gasteiger partial charge is 0.410 e. The number of anilines is 1. The minimum Gasteiger partial charge on any atom is -0.445 e. The molecule has 1 amide bonds. The third kappa shape index (κ3) is 7.41. The van der Waals surface area contributed by atoms with Crippen LogP contribution in [-0.2, 0) is 20.9 Å². The lowest BCUT2D eigenvalue weighted by Gasteiger charge is -2.34. The van der Waals surface area contributed by atoms with E-state index < -0.39 is 0 Å². The van der Waals surface area contributed by atoms with Crippen LogP contribution in [0.3, 0.4) is 0 Å². The van der Waals surface area contributed by atoms with Gasteiger partial charge in [0.25, 0.3) is 0 Å². The molecule has 3 heterocycles. The van der Waals surface area contributed by atoms with Gasteiger partial charge in [0.1, 0.15) is 18.9 Å². The molecule has 200 valence electrons. The average Bonchev–Trinajstić information content (AvgIpc) is 3.38.